The number of imidazole rings is 1. The average Bonchev–Trinajstić information content (AvgIpc) is 3.25. The normalized spacial score (nSPS) is 15.6. The number of carbonyl (C=O) groups is 1. The van der Waals surface area contributed by atoms with E-state index in [2.05, 4.69) is 20.6 Å². The summed E-state index contributed by atoms with van der Waals surface area (Å²) in [5.74, 6) is -0.425. The van der Waals surface area contributed by atoms with Crippen LogP contribution in [0.3, 0.4) is 0 Å². The van der Waals surface area contributed by atoms with Crippen LogP contribution in [-0.2, 0) is 13.1 Å². The first-order valence-electron chi connectivity index (χ1n) is 11.7. The summed E-state index contributed by atoms with van der Waals surface area (Å²) in [6.07, 6.45) is 10.6. The van der Waals surface area contributed by atoms with Crippen molar-refractivity contribution in [2.45, 2.75) is 50.8 Å². The minimum absolute atomic E-state index is 0.0768. The number of rotatable bonds is 7. The third-order valence-electron chi connectivity index (χ3n) is 6.36. The molecule has 0 bridgehead atoms. The van der Waals surface area contributed by atoms with Gasteiger partial charge in [0.2, 0.25) is 0 Å². The molecule has 1 saturated carbocycles. The SMILES string of the molecule is O=C(NCc1cn2cc(CNCC3(O)CCCCC3)ccc2n1)c1cc(=O)n2ccccc2n1. The van der Waals surface area contributed by atoms with E-state index < -0.39 is 11.5 Å². The van der Waals surface area contributed by atoms with E-state index >= 15 is 0 Å². The van der Waals surface area contributed by atoms with Crippen LogP contribution in [0.5, 0.6) is 0 Å². The number of hydrogen-bond donors (Lipinski definition) is 3. The van der Waals surface area contributed by atoms with Crippen LogP contribution in [0.1, 0.15) is 53.8 Å². The maximum Gasteiger partial charge on any atom is 0.270 e. The molecule has 0 radical (unpaired) electrons. The fourth-order valence-corrected chi connectivity index (χ4v) is 4.54. The van der Waals surface area contributed by atoms with Gasteiger partial charge < -0.3 is 20.1 Å². The van der Waals surface area contributed by atoms with Crippen LogP contribution in [0.2, 0.25) is 0 Å². The lowest BCUT2D eigenvalue weighted by molar-refractivity contribution is 0.00466. The highest BCUT2D eigenvalue weighted by atomic mass is 16.3. The fraction of sp³-hybridized carbons (Fsp3) is 0.360. The number of aliphatic hydroxyl groups is 1. The number of carbonyl (C=O) groups excluding carboxylic acids is 1. The number of nitrogens with zero attached hydrogens (tertiary/aromatic N) is 4. The van der Waals surface area contributed by atoms with E-state index in [1.165, 1.54) is 16.9 Å². The van der Waals surface area contributed by atoms with Gasteiger partial charge in [-0.25, -0.2) is 9.97 Å². The summed E-state index contributed by atoms with van der Waals surface area (Å²) in [7, 11) is 0. The van der Waals surface area contributed by atoms with Crippen molar-refractivity contribution in [3.8, 4) is 0 Å². The van der Waals surface area contributed by atoms with Gasteiger partial charge in [0, 0.05) is 37.7 Å². The van der Waals surface area contributed by atoms with Crippen molar-refractivity contribution >= 4 is 17.2 Å². The van der Waals surface area contributed by atoms with Gasteiger partial charge in [0.25, 0.3) is 11.5 Å². The van der Waals surface area contributed by atoms with Crippen LogP contribution >= 0.6 is 0 Å². The van der Waals surface area contributed by atoms with E-state index in [0.29, 0.717) is 24.4 Å². The maximum absolute atomic E-state index is 12.6. The molecule has 4 aromatic rings. The fourth-order valence-electron chi connectivity index (χ4n) is 4.54. The van der Waals surface area contributed by atoms with Gasteiger partial charge in [0.15, 0.2) is 0 Å². The zero-order chi connectivity index (χ0) is 23.5. The summed E-state index contributed by atoms with van der Waals surface area (Å²) in [6.45, 7) is 1.47. The molecule has 0 aromatic carbocycles. The van der Waals surface area contributed by atoms with Crippen molar-refractivity contribution in [2.24, 2.45) is 0 Å². The number of pyridine rings is 2. The predicted molar refractivity (Wildman–Crippen MR) is 128 cm³/mol. The van der Waals surface area contributed by atoms with Crippen LogP contribution in [-0.4, -0.2) is 41.9 Å². The van der Waals surface area contributed by atoms with Crippen LogP contribution in [0.25, 0.3) is 11.3 Å². The molecule has 4 aromatic heterocycles. The summed E-state index contributed by atoms with van der Waals surface area (Å²) in [6, 6.07) is 10.4. The lowest BCUT2D eigenvalue weighted by Gasteiger charge is -2.32. The molecule has 34 heavy (non-hydrogen) atoms. The molecule has 3 N–H and O–H groups in total. The summed E-state index contributed by atoms with van der Waals surface area (Å²) >= 11 is 0. The quantitative estimate of drug-likeness (QED) is 0.389. The van der Waals surface area contributed by atoms with E-state index in [1.54, 1.807) is 24.4 Å². The molecular formula is C25H28N6O3. The van der Waals surface area contributed by atoms with Crippen LogP contribution < -0.4 is 16.2 Å². The number of nitrogens with one attached hydrogen (secondary N) is 2. The molecule has 1 aliphatic carbocycles. The third kappa shape index (κ3) is 4.85. The van der Waals surface area contributed by atoms with E-state index in [9.17, 15) is 14.7 Å². The van der Waals surface area contributed by atoms with Crippen LogP contribution in [0.15, 0.2) is 59.8 Å². The van der Waals surface area contributed by atoms with Crippen LogP contribution in [0.4, 0.5) is 0 Å². The molecule has 9 nitrogen and oxygen atoms in total. The molecule has 0 atom stereocenters. The van der Waals surface area contributed by atoms with Gasteiger partial charge in [-0.3, -0.25) is 14.0 Å². The Morgan fingerprint density at radius 2 is 1.88 bits per heavy atom. The summed E-state index contributed by atoms with van der Waals surface area (Å²) in [4.78, 5) is 33.6. The van der Waals surface area contributed by atoms with E-state index in [4.69, 9.17) is 0 Å². The molecule has 5 rings (SSSR count). The Balaban J connectivity index is 1.21. The van der Waals surface area contributed by atoms with Gasteiger partial charge in [-0.15, -0.1) is 0 Å². The Morgan fingerprint density at radius 1 is 1.03 bits per heavy atom. The van der Waals surface area contributed by atoms with E-state index in [-0.39, 0.29) is 17.8 Å². The molecule has 176 valence electrons. The highest BCUT2D eigenvalue weighted by molar-refractivity contribution is 5.92. The minimum Gasteiger partial charge on any atom is -0.389 e. The number of amides is 1. The minimum atomic E-state index is -0.589. The molecule has 9 heteroatoms. The second-order valence-corrected chi connectivity index (χ2v) is 9.01. The van der Waals surface area contributed by atoms with Crippen molar-refractivity contribution in [1.29, 1.82) is 0 Å². The van der Waals surface area contributed by atoms with Gasteiger partial charge in [0.1, 0.15) is 17.0 Å². The Morgan fingerprint density at radius 3 is 2.74 bits per heavy atom. The topological polar surface area (TPSA) is 113 Å². The standard InChI is InChI=1S/C25H28N6O3/c32-23-12-20(29-22-6-2-5-11-31(22)23)24(33)27-14-19-16-30-15-18(7-8-21(30)28-19)13-26-17-25(34)9-3-1-4-10-25/h2,5-8,11-12,15-16,26,34H,1,3-4,9-10,13-14,17H2,(H,27,33). The smallest absolute Gasteiger partial charge is 0.270 e. The Kier molecular flexibility index (Phi) is 6.12. The highest BCUT2D eigenvalue weighted by Crippen LogP contribution is 2.27. The number of hydrogen-bond acceptors (Lipinski definition) is 6. The van der Waals surface area contributed by atoms with Gasteiger partial charge >= 0.3 is 0 Å². The molecule has 4 heterocycles. The van der Waals surface area contributed by atoms with Crippen molar-refractivity contribution in [1.82, 2.24) is 29.4 Å². The van der Waals surface area contributed by atoms with Crippen molar-refractivity contribution in [3.63, 3.8) is 0 Å². The maximum atomic E-state index is 12.6. The Labute approximate surface area is 196 Å². The van der Waals surface area contributed by atoms with Gasteiger partial charge in [-0.05, 0) is 36.6 Å². The van der Waals surface area contributed by atoms with Gasteiger partial charge in [-0.1, -0.05) is 31.4 Å². The van der Waals surface area contributed by atoms with Crippen LogP contribution in [0, 0.1) is 0 Å². The lowest BCUT2D eigenvalue weighted by Crippen LogP contribution is -2.41. The first kappa shape index (κ1) is 22.2. The van der Waals surface area contributed by atoms with Crippen molar-refractivity contribution in [3.05, 3.63) is 82.3 Å². The molecule has 1 amide bonds. The zero-order valence-electron chi connectivity index (χ0n) is 18.9. The molecule has 0 spiro atoms. The summed E-state index contributed by atoms with van der Waals surface area (Å²) < 4.78 is 3.31. The Hall–Kier alpha value is -3.56. The average molecular weight is 461 g/mol. The largest absolute Gasteiger partial charge is 0.389 e. The number of aromatic nitrogens is 4. The predicted octanol–water partition coefficient (Wildman–Crippen LogP) is 2.06. The number of fused-ring (bicyclic) bond motifs is 2. The molecule has 1 aliphatic rings. The van der Waals surface area contributed by atoms with E-state index in [1.807, 2.05) is 28.9 Å². The van der Waals surface area contributed by atoms with Crippen molar-refractivity contribution < 1.29 is 9.90 Å². The second-order valence-electron chi connectivity index (χ2n) is 9.01. The molecule has 0 saturated heterocycles. The first-order valence-corrected chi connectivity index (χ1v) is 11.7. The summed E-state index contributed by atoms with van der Waals surface area (Å²) in [5.41, 5.74) is 2.17. The molecule has 1 fully saturated rings. The monoisotopic (exact) mass is 460 g/mol. The molecule has 0 unspecified atom stereocenters. The highest BCUT2D eigenvalue weighted by Gasteiger charge is 2.28. The molecular weight excluding hydrogens is 432 g/mol. The third-order valence-corrected chi connectivity index (χ3v) is 6.36. The second kappa shape index (κ2) is 9.36. The lowest BCUT2D eigenvalue weighted by atomic mass is 9.85. The van der Waals surface area contributed by atoms with E-state index in [0.717, 1.165) is 36.9 Å². The van der Waals surface area contributed by atoms with Gasteiger partial charge in [-0.2, -0.15) is 0 Å². The molecule has 0 aliphatic heterocycles. The summed E-state index contributed by atoms with van der Waals surface area (Å²) in [5, 5.41) is 16.8. The Bertz CT molecular complexity index is 1390. The van der Waals surface area contributed by atoms with Gasteiger partial charge in [0.05, 0.1) is 17.8 Å². The van der Waals surface area contributed by atoms with Crippen molar-refractivity contribution in [2.75, 3.05) is 6.54 Å². The first-order chi connectivity index (χ1) is 16.5. The zero-order valence-corrected chi connectivity index (χ0v) is 18.9.